The summed E-state index contributed by atoms with van der Waals surface area (Å²) in [6, 6.07) is -0.783. The standard InChI is InChI=1S/C7H5Cl3O/c1-11-7-5(9)2-4(8)3-6(7)10/h2-3H,1H3/i1D3,2D,3D. The van der Waals surface area contributed by atoms with E-state index in [-0.39, 0.29) is 15.1 Å². The molecule has 0 saturated carbocycles. The molecule has 0 heterocycles. The van der Waals surface area contributed by atoms with Crippen LogP contribution in [0.3, 0.4) is 0 Å². The number of ether oxygens (including phenoxy) is 1. The first-order chi connectivity index (χ1) is 7.15. The van der Waals surface area contributed by atoms with Crippen molar-refractivity contribution in [3.63, 3.8) is 0 Å². The van der Waals surface area contributed by atoms with E-state index in [0.29, 0.717) is 0 Å². The van der Waals surface area contributed by atoms with Gasteiger partial charge in [0.25, 0.3) is 0 Å². The van der Waals surface area contributed by atoms with Crippen LogP contribution in [-0.2, 0) is 0 Å². The second kappa shape index (κ2) is 3.53. The molecule has 60 valence electrons. The maximum atomic E-state index is 7.42. The zero-order chi connectivity index (χ0) is 12.7. The van der Waals surface area contributed by atoms with Crippen molar-refractivity contribution in [3.8, 4) is 5.75 Å². The molecule has 1 aromatic carbocycles. The summed E-state index contributed by atoms with van der Waals surface area (Å²) in [6.07, 6.45) is 0. The van der Waals surface area contributed by atoms with Gasteiger partial charge >= 0.3 is 0 Å². The van der Waals surface area contributed by atoms with Crippen LogP contribution < -0.4 is 4.74 Å². The van der Waals surface area contributed by atoms with Gasteiger partial charge in [0, 0.05) is 5.02 Å². The van der Waals surface area contributed by atoms with Gasteiger partial charge in [-0.05, 0) is 12.1 Å². The Bertz CT molecular complexity index is 402. The summed E-state index contributed by atoms with van der Waals surface area (Å²) in [6.45, 7) is 0. The van der Waals surface area contributed by atoms with Crippen LogP contribution in [0.5, 0.6) is 5.75 Å². The van der Waals surface area contributed by atoms with Gasteiger partial charge in [-0.3, -0.25) is 0 Å². The lowest BCUT2D eigenvalue weighted by molar-refractivity contribution is 0.415. The highest BCUT2D eigenvalue weighted by Crippen LogP contribution is 2.35. The molecule has 0 unspecified atom stereocenters. The van der Waals surface area contributed by atoms with Crippen molar-refractivity contribution in [1.82, 2.24) is 0 Å². The topological polar surface area (TPSA) is 9.23 Å². The average molecular weight is 217 g/mol. The molecule has 0 radical (unpaired) electrons. The maximum Gasteiger partial charge on any atom is 0.156 e. The minimum absolute atomic E-state index is 0.257. The zero-order valence-electron chi connectivity index (χ0n) is 10.0. The predicted octanol–water partition coefficient (Wildman–Crippen LogP) is 3.66. The molecular weight excluding hydrogens is 206 g/mol. The normalized spacial score (nSPS) is 17.5. The lowest BCUT2D eigenvalue weighted by Gasteiger charge is -2.04. The molecule has 0 aromatic heterocycles. The fraction of sp³-hybridized carbons (Fsp3) is 0.143. The minimum atomic E-state index is -2.76. The molecule has 0 atom stereocenters. The smallest absolute Gasteiger partial charge is 0.156 e. The highest BCUT2D eigenvalue weighted by atomic mass is 35.5. The lowest BCUT2D eigenvalue weighted by Crippen LogP contribution is -1.84. The van der Waals surface area contributed by atoms with E-state index in [4.69, 9.17) is 41.7 Å². The third kappa shape index (κ3) is 1.92. The van der Waals surface area contributed by atoms with Crippen LogP contribution >= 0.6 is 34.8 Å². The van der Waals surface area contributed by atoms with Crippen molar-refractivity contribution in [2.45, 2.75) is 0 Å². The van der Waals surface area contributed by atoms with Crippen molar-refractivity contribution in [1.29, 1.82) is 0 Å². The Kier molecular flexibility index (Phi) is 1.35. The Hall–Kier alpha value is -0.110. The monoisotopic (exact) mass is 215 g/mol. The minimum Gasteiger partial charge on any atom is -0.494 e. The fourth-order valence-electron chi connectivity index (χ4n) is 0.523. The summed E-state index contributed by atoms with van der Waals surface area (Å²) in [7, 11) is -2.76. The first-order valence-corrected chi connectivity index (χ1v) is 3.61. The van der Waals surface area contributed by atoms with E-state index < -0.39 is 24.9 Å². The van der Waals surface area contributed by atoms with Gasteiger partial charge in [-0.1, -0.05) is 34.8 Å². The van der Waals surface area contributed by atoms with E-state index in [1.807, 2.05) is 0 Å². The van der Waals surface area contributed by atoms with Gasteiger partial charge in [0.05, 0.1) is 23.9 Å². The van der Waals surface area contributed by atoms with Gasteiger partial charge in [-0.15, -0.1) is 0 Å². The SMILES string of the molecule is [2H]c1c(Cl)c([2H])c(Cl)c(OC([2H])([2H])[2H])c1Cl. The Balaban J connectivity index is 3.40. The first-order valence-electron chi connectivity index (χ1n) is 4.98. The third-order valence-electron chi connectivity index (χ3n) is 0.940. The Labute approximate surface area is 86.8 Å². The van der Waals surface area contributed by atoms with Gasteiger partial charge in [-0.25, -0.2) is 0 Å². The highest BCUT2D eigenvalue weighted by Gasteiger charge is 2.06. The predicted molar refractivity (Wildman–Crippen MR) is 48.0 cm³/mol. The molecule has 4 heteroatoms. The average Bonchev–Trinajstić information content (AvgIpc) is 2.17. The van der Waals surface area contributed by atoms with Crippen molar-refractivity contribution in [3.05, 3.63) is 27.2 Å². The van der Waals surface area contributed by atoms with Crippen molar-refractivity contribution >= 4 is 34.8 Å². The molecule has 0 aliphatic heterocycles. The quantitative estimate of drug-likeness (QED) is 0.696. The molecule has 0 aliphatic carbocycles. The number of methoxy groups -OCH3 is 1. The molecule has 1 aromatic rings. The van der Waals surface area contributed by atoms with Crippen LogP contribution in [0.1, 0.15) is 6.85 Å². The highest BCUT2D eigenvalue weighted by molar-refractivity contribution is 6.40. The van der Waals surface area contributed by atoms with Crippen LogP contribution in [0.15, 0.2) is 12.1 Å². The molecule has 0 saturated heterocycles. The van der Waals surface area contributed by atoms with Gasteiger partial charge in [0.15, 0.2) is 5.75 Å². The Morgan fingerprint density at radius 2 is 1.91 bits per heavy atom. The van der Waals surface area contributed by atoms with Crippen molar-refractivity contribution < 1.29 is 11.6 Å². The van der Waals surface area contributed by atoms with Gasteiger partial charge in [0.2, 0.25) is 0 Å². The molecular formula is C7H5Cl3O. The molecule has 1 nitrogen and oxygen atoms in total. The number of hydrogen-bond acceptors (Lipinski definition) is 1. The van der Waals surface area contributed by atoms with Crippen molar-refractivity contribution in [2.24, 2.45) is 0 Å². The van der Waals surface area contributed by atoms with E-state index in [1.165, 1.54) is 0 Å². The molecule has 0 fully saturated rings. The fourth-order valence-corrected chi connectivity index (χ4v) is 1.31. The molecule has 0 N–H and O–H groups in total. The zero-order valence-corrected chi connectivity index (χ0v) is 7.31. The summed E-state index contributed by atoms with van der Waals surface area (Å²) in [4.78, 5) is 0. The van der Waals surface area contributed by atoms with Crippen LogP contribution in [-0.4, -0.2) is 7.04 Å². The van der Waals surface area contributed by atoms with Crippen LogP contribution in [0, 0.1) is 0 Å². The summed E-state index contributed by atoms with van der Waals surface area (Å²) in [5.41, 5.74) is 0. The van der Waals surface area contributed by atoms with Crippen molar-refractivity contribution in [2.75, 3.05) is 7.04 Å². The van der Waals surface area contributed by atoms with E-state index in [0.717, 1.165) is 0 Å². The van der Waals surface area contributed by atoms with E-state index in [2.05, 4.69) is 4.74 Å². The van der Waals surface area contributed by atoms with Gasteiger partial charge < -0.3 is 4.74 Å². The largest absolute Gasteiger partial charge is 0.494 e. The van der Waals surface area contributed by atoms with Crippen LogP contribution in [0.25, 0.3) is 0 Å². The first kappa shape index (κ1) is 4.22. The molecule has 1 rings (SSSR count). The van der Waals surface area contributed by atoms with Crippen LogP contribution in [0.4, 0.5) is 0 Å². The third-order valence-corrected chi connectivity index (χ3v) is 1.66. The Morgan fingerprint density at radius 3 is 2.36 bits per heavy atom. The molecule has 0 amide bonds. The summed E-state index contributed by atoms with van der Waals surface area (Å²) >= 11 is 16.9. The second-order valence-corrected chi connectivity index (χ2v) is 2.76. The lowest BCUT2D eigenvalue weighted by atomic mass is 10.3. The van der Waals surface area contributed by atoms with Gasteiger partial charge in [0.1, 0.15) is 0 Å². The molecule has 11 heavy (non-hydrogen) atoms. The van der Waals surface area contributed by atoms with Crippen LogP contribution in [0.2, 0.25) is 15.1 Å². The van der Waals surface area contributed by atoms with E-state index in [1.54, 1.807) is 0 Å². The molecule has 0 spiro atoms. The summed E-state index contributed by atoms with van der Waals surface area (Å²) in [5, 5.41) is -0.919. The molecule has 0 aliphatic rings. The summed E-state index contributed by atoms with van der Waals surface area (Å²) < 4.78 is 40.1. The number of halogens is 3. The maximum absolute atomic E-state index is 7.42. The Morgan fingerprint density at radius 1 is 1.36 bits per heavy atom. The second-order valence-electron chi connectivity index (χ2n) is 1.62. The van der Waals surface area contributed by atoms with E-state index in [9.17, 15) is 0 Å². The number of benzene rings is 1. The van der Waals surface area contributed by atoms with Gasteiger partial charge in [-0.2, -0.15) is 0 Å². The number of rotatable bonds is 1. The van der Waals surface area contributed by atoms with E-state index >= 15 is 0 Å². The molecule has 0 bridgehead atoms. The number of hydrogen-bond donors (Lipinski definition) is 0. The summed E-state index contributed by atoms with van der Waals surface area (Å²) in [5.74, 6) is -0.428.